The number of ether oxygens (including phenoxy) is 13. The second-order valence-electron chi connectivity index (χ2n) is 9.78. The molecule has 15 heteroatoms. The summed E-state index contributed by atoms with van der Waals surface area (Å²) >= 11 is 0. The molecule has 0 heterocycles. The lowest BCUT2D eigenvalue weighted by atomic mass is 10.3. The van der Waals surface area contributed by atoms with Gasteiger partial charge < -0.3 is 66.9 Å². The highest BCUT2D eigenvalue weighted by molar-refractivity contribution is 5.88. The van der Waals surface area contributed by atoms with Crippen molar-refractivity contribution in [1.29, 1.82) is 0 Å². The molecular formula is C33H59NO14. The van der Waals surface area contributed by atoms with Gasteiger partial charge >= 0.3 is 0 Å². The molecule has 0 radical (unpaired) electrons. The SMILES string of the molecule is COCCOCCOCCOCCOCCOCCOCCOCCOCCOCCOCCOCCOc1ccc(NC(C)=O)cc1. The van der Waals surface area contributed by atoms with E-state index in [4.69, 9.17) is 61.6 Å². The normalized spacial score (nSPS) is 11.3. The van der Waals surface area contributed by atoms with E-state index in [1.165, 1.54) is 6.92 Å². The van der Waals surface area contributed by atoms with Crippen molar-refractivity contribution in [2.45, 2.75) is 6.92 Å². The van der Waals surface area contributed by atoms with Gasteiger partial charge in [0.1, 0.15) is 12.4 Å². The lowest BCUT2D eigenvalue weighted by Gasteiger charge is -2.09. The van der Waals surface area contributed by atoms with Crippen molar-refractivity contribution in [1.82, 2.24) is 0 Å². The third kappa shape index (κ3) is 32.6. The van der Waals surface area contributed by atoms with Gasteiger partial charge in [0.15, 0.2) is 0 Å². The minimum absolute atomic E-state index is 0.109. The minimum atomic E-state index is -0.109. The van der Waals surface area contributed by atoms with Gasteiger partial charge in [0, 0.05) is 19.7 Å². The molecule has 48 heavy (non-hydrogen) atoms. The average molecular weight is 694 g/mol. The zero-order valence-corrected chi connectivity index (χ0v) is 29.0. The van der Waals surface area contributed by atoms with Gasteiger partial charge in [-0.1, -0.05) is 0 Å². The quantitative estimate of drug-likeness (QED) is 0.100. The van der Waals surface area contributed by atoms with Gasteiger partial charge in [-0.3, -0.25) is 4.79 Å². The Labute approximate surface area is 285 Å². The highest BCUT2D eigenvalue weighted by Crippen LogP contribution is 2.15. The summed E-state index contributed by atoms with van der Waals surface area (Å²) in [5, 5.41) is 2.71. The van der Waals surface area contributed by atoms with Crippen molar-refractivity contribution >= 4 is 11.6 Å². The van der Waals surface area contributed by atoms with E-state index in [-0.39, 0.29) is 5.91 Å². The first-order chi connectivity index (χ1) is 23.7. The summed E-state index contributed by atoms with van der Waals surface area (Å²) in [7, 11) is 1.64. The standard InChI is InChI=1S/C33H59NO14/c1-31(35)34-32-3-5-33(6-4-32)48-30-29-47-28-27-46-26-25-45-24-23-44-22-21-43-20-19-42-18-17-41-16-15-40-14-13-39-12-11-38-10-9-37-8-7-36-2/h3-6H,7-30H2,1-2H3,(H,34,35). The number of nitrogens with one attached hydrogen (secondary N) is 1. The zero-order valence-electron chi connectivity index (χ0n) is 29.0. The van der Waals surface area contributed by atoms with Crippen LogP contribution >= 0.6 is 0 Å². The van der Waals surface area contributed by atoms with Crippen LogP contribution < -0.4 is 10.1 Å². The second kappa shape index (κ2) is 36.3. The molecule has 280 valence electrons. The van der Waals surface area contributed by atoms with Gasteiger partial charge in [-0.2, -0.15) is 0 Å². The summed E-state index contributed by atoms with van der Waals surface area (Å²) < 4.78 is 70.4. The van der Waals surface area contributed by atoms with E-state index in [1.807, 2.05) is 0 Å². The molecule has 0 unspecified atom stereocenters. The molecule has 0 bridgehead atoms. The Hall–Kier alpha value is -1.99. The third-order valence-electron chi connectivity index (χ3n) is 5.82. The Morgan fingerprint density at radius 3 is 0.917 bits per heavy atom. The van der Waals surface area contributed by atoms with Crippen molar-refractivity contribution in [2.24, 2.45) is 0 Å². The zero-order chi connectivity index (χ0) is 34.4. The molecule has 0 atom stereocenters. The van der Waals surface area contributed by atoms with Crippen molar-refractivity contribution in [2.75, 3.05) is 171 Å². The molecule has 0 saturated heterocycles. The van der Waals surface area contributed by atoms with Gasteiger partial charge in [0.05, 0.1) is 152 Å². The van der Waals surface area contributed by atoms with E-state index in [0.29, 0.717) is 164 Å². The fraction of sp³-hybridized carbons (Fsp3) is 0.788. The van der Waals surface area contributed by atoms with Crippen LogP contribution in [-0.2, 0) is 61.6 Å². The van der Waals surface area contributed by atoms with Crippen LogP contribution in [0, 0.1) is 0 Å². The summed E-state index contributed by atoms with van der Waals surface area (Å²) in [4.78, 5) is 11.0. The highest BCUT2D eigenvalue weighted by Gasteiger charge is 1.99. The van der Waals surface area contributed by atoms with Crippen LogP contribution in [0.25, 0.3) is 0 Å². The Balaban J connectivity index is 1.65. The van der Waals surface area contributed by atoms with Crippen LogP contribution in [0.15, 0.2) is 24.3 Å². The van der Waals surface area contributed by atoms with Crippen molar-refractivity contribution in [3.63, 3.8) is 0 Å². The number of hydrogen-bond donors (Lipinski definition) is 1. The van der Waals surface area contributed by atoms with Crippen LogP contribution in [0.5, 0.6) is 5.75 Å². The molecule has 1 N–H and O–H groups in total. The van der Waals surface area contributed by atoms with Gasteiger partial charge in [-0.25, -0.2) is 0 Å². The van der Waals surface area contributed by atoms with Gasteiger partial charge in [0.2, 0.25) is 5.91 Å². The third-order valence-corrected chi connectivity index (χ3v) is 5.82. The maximum atomic E-state index is 11.0. The van der Waals surface area contributed by atoms with Crippen molar-refractivity contribution in [3.05, 3.63) is 24.3 Å². The minimum Gasteiger partial charge on any atom is -0.491 e. The summed E-state index contributed by atoms with van der Waals surface area (Å²) in [6.07, 6.45) is 0. The summed E-state index contributed by atoms with van der Waals surface area (Å²) in [6.45, 7) is 13.7. The molecule has 15 nitrogen and oxygen atoms in total. The largest absolute Gasteiger partial charge is 0.491 e. The molecule has 0 aliphatic carbocycles. The van der Waals surface area contributed by atoms with E-state index >= 15 is 0 Å². The molecule has 0 spiro atoms. The first-order valence-corrected chi connectivity index (χ1v) is 16.6. The number of carbonyl (C=O) groups excluding carboxylic acids is 1. The number of amides is 1. The number of rotatable bonds is 38. The fourth-order valence-electron chi connectivity index (χ4n) is 3.50. The first-order valence-electron chi connectivity index (χ1n) is 16.6. The highest BCUT2D eigenvalue weighted by atomic mass is 16.6. The number of carbonyl (C=O) groups is 1. The molecule has 0 saturated carbocycles. The maximum Gasteiger partial charge on any atom is 0.221 e. The van der Waals surface area contributed by atoms with E-state index in [2.05, 4.69) is 5.32 Å². The summed E-state index contributed by atoms with van der Waals surface area (Å²) in [6, 6.07) is 7.17. The number of anilines is 1. The van der Waals surface area contributed by atoms with Crippen LogP contribution in [0.1, 0.15) is 6.92 Å². The predicted molar refractivity (Wildman–Crippen MR) is 177 cm³/mol. The molecule has 1 aromatic rings. The van der Waals surface area contributed by atoms with Crippen LogP contribution in [0.3, 0.4) is 0 Å². The fourth-order valence-corrected chi connectivity index (χ4v) is 3.50. The van der Waals surface area contributed by atoms with Gasteiger partial charge in [0.25, 0.3) is 0 Å². The summed E-state index contributed by atoms with van der Waals surface area (Å²) in [5.41, 5.74) is 0.731. The lowest BCUT2D eigenvalue weighted by molar-refractivity contribution is -0.114. The second-order valence-corrected chi connectivity index (χ2v) is 9.78. The number of benzene rings is 1. The Bertz CT molecular complexity index is 805. The first kappa shape index (κ1) is 44.0. The topological polar surface area (TPSA) is 149 Å². The number of hydrogen-bond acceptors (Lipinski definition) is 14. The van der Waals surface area contributed by atoms with E-state index in [9.17, 15) is 4.79 Å². The monoisotopic (exact) mass is 693 g/mol. The molecule has 0 fully saturated rings. The molecule has 0 aliphatic rings. The van der Waals surface area contributed by atoms with E-state index in [0.717, 1.165) is 5.69 Å². The molecule has 1 rings (SSSR count). The van der Waals surface area contributed by atoms with E-state index in [1.54, 1.807) is 31.4 Å². The van der Waals surface area contributed by atoms with E-state index < -0.39 is 0 Å². The molecule has 0 aromatic heterocycles. The Kier molecular flexibility index (Phi) is 33.3. The van der Waals surface area contributed by atoms with Gasteiger partial charge in [-0.05, 0) is 24.3 Å². The van der Waals surface area contributed by atoms with Crippen molar-refractivity contribution in [3.8, 4) is 5.75 Å². The smallest absolute Gasteiger partial charge is 0.221 e. The van der Waals surface area contributed by atoms with Gasteiger partial charge in [-0.15, -0.1) is 0 Å². The van der Waals surface area contributed by atoms with Crippen molar-refractivity contribution < 1.29 is 66.4 Å². The average Bonchev–Trinajstić information content (AvgIpc) is 3.08. The Morgan fingerprint density at radius 1 is 0.417 bits per heavy atom. The predicted octanol–water partition coefficient (Wildman–Crippen LogP) is 1.85. The number of methoxy groups -OCH3 is 1. The maximum absolute atomic E-state index is 11.0. The van der Waals surface area contributed by atoms with Crippen LogP contribution in [0.2, 0.25) is 0 Å². The van der Waals surface area contributed by atoms with Crippen LogP contribution in [0.4, 0.5) is 5.69 Å². The molecule has 0 aliphatic heterocycles. The molecular weight excluding hydrogens is 634 g/mol. The van der Waals surface area contributed by atoms with Crippen LogP contribution in [-0.4, -0.2) is 172 Å². The Morgan fingerprint density at radius 2 is 0.667 bits per heavy atom. The lowest BCUT2D eigenvalue weighted by Crippen LogP contribution is -2.15. The molecule has 1 amide bonds. The summed E-state index contributed by atoms with van der Waals surface area (Å²) in [5.74, 6) is 0.607. The molecule has 1 aromatic carbocycles.